The molecule has 3 unspecified atom stereocenters. The maximum atomic E-state index is 11.2. The number of hydrogen-bond donors (Lipinski definition) is 2. The fraction of sp³-hybridized carbons (Fsp3) is 0.415. The lowest BCUT2D eigenvalue weighted by atomic mass is 9.90. The highest BCUT2D eigenvalue weighted by Gasteiger charge is 2.38. The van der Waals surface area contributed by atoms with Crippen LogP contribution in [-0.2, 0) is 16.8 Å². The van der Waals surface area contributed by atoms with Crippen molar-refractivity contribution < 1.29 is 15.0 Å². The first-order valence-electron chi connectivity index (χ1n) is 17.4. The molecule has 0 bridgehead atoms. The zero-order chi connectivity index (χ0) is 34.1. The molecule has 1 aliphatic carbocycles. The number of aliphatic carboxylic acids is 1. The van der Waals surface area contributed by atoms with Gasteiger partial charge in [0.25, 0.3) is 0 Å². The predicted octanol–water partition coefficient (Wildman–Crippen LogP) is 10.3. The van der Waals surface area contributed by atoms with Crippen molar-refractivity contribution >= 4 is 64.8 Å². The maximum absolute atomic E-state index is 11.2. The average Bonchev–Trinajstić information content (AvgIpc) is 3.82. The molecule has 1 aromatic heterocycles. The van der Waals surface area contributed by atoms with Gasteiger partial charge in [-0.2, -0.15) is 11.8 Å². The summed E-state index contributed by atoms with van der Waals surface area (Å²) in [7, 11) is 0. The van der Waals surface area contributed by atoms with Crippen LogP contribution >= 0.6 is 35.8 Å². The summed E-state index contributed by atoms with van der Waals surface area (Å²) in [6.07, 6.45) is 9.04. The van der Waals surface area contributed by atoms with Gasteiger partial charge in [-0.15, -0.1) is 12.4 Å². The second kappa shape index (κ2) is 18.4. The first kappa shape index (κ1) is 38.9. The van der Waals surface area contributed by atoms with Gasteiger partial charge in [-0.3, -0.25) is 4.79 Å². The molecule has 2 N–H and O–H groups in total. The molecule has 4 aromatic rings. The van der Waals surface area contributed by atoms with Gasteiger partial charge in [-0.25, -0.2) is 4.98 Å². The van der Waals surface area contributed by atoms with Gasteiger partial charge in [0.1, 0.15) is 0 Å². The van der Waals surface area contributed by atoms with Crippen molar-refractivity contribution in [1.82, 2.24) is 9.88 Å². The normalized spacial score (nSPS) is 17.6. The number of thioether (sulfide) groups is 1. The minimum Gasteiger partial charge on any atom is -0.481 e. The van der Waals surface area contributed by atoms with Crippen molar-refractivity contribution in [3.8, 4) is 0 Å². The van der Waals surface area contributed by atoms with Crippen LogP contribution in [0.4, 0.5) is 0 Å². The number of aliphatic hydroxyl groups is 1. The van der Waals surface area contributed by atoms with E-state index in [0.717, 1.165) is 85.2 Å². The topological polar surface area (TPSA) is 73.7 Å². The molecule has 1 aliphatic rings. The molecule has 0 spiro atoms. The number of carboxylic acid groups (broad SMARTS) is 1. The van der Waals surface area contributed by atoms with Gasteiger partial charge in [0, 0.05) is 22.1 Å². The second-order valence-electron chi connectivity index (χ2n) is 13.4. The Balaban J connectivity index is 0.00000541. The molecule has 49 heavy (non-hydrogen) atoms. The van der Waals surface area contributed by atoms with Gasteiger partial charge < -0.3 is 15.1 Å². The van der Waals surface area contributed by atoms with E-state index in [1.54, 1.807) is 0 Å². The third-order valence-corrected chi connectivity index (χ3v) is 11.5. The Kier molecular flexibility index (Phi) is 14.6. The Bertz CT molecular complexity index is 1690. The van der Waals surface area contributed by atoms with Gasteiger partial charge in [0.15, 0.2) is 0 Å². The summed E-state index contributed by atoms with van der Waals surface area (Å²) in [4.78, 5) is 18.4. The van der Waals surface area contributed by atoms with Gasteiger partial charge in [0.2, 0.25) is 0 Å². The number of aromatic nitrogens is 1. The Morgan fingerprint density at radius 3 is 2.53 bits per heavy atom. The lowest BCUT2D eigenvalue weighted by Gasteiger charge is -2.26. The van der Waals surface area contributed by atoms with E-state index >= 15 is 0 Å². The molecule has 0 radical (unpaired) electrons. The van der Waals surface area contributed by atoms with E-state index in [9.17, 15) is 15.0 Å². The number of carboxylic acids is 1. The fourth-order valence-electron chi connectivity index (χ4n) is 6.48. The smallest absolute Gasteiger partial charge is 0.303 e. The highest BCUT2D eigenvalue weighted by Crippen LogP contribution is 2.46. The lowest BCUT2D eigenvalue weighted by Crippen LogP contribution is -2.27. The molecule has 5 rings (SSSR count). The van der Waals surface area contributed by atoms with Crippen LogP contribution in [0.2, 0.25) is 5.02 Å². The first-order valence-corrected chi connectivity index (χ1v) is 18.8. The van der Waals surface area contributed by atoms with Gasteiger partial charge >= 0.3 is 5.97 Å². The molecule has 262 valence electrons. The number of halogens is 2. The number of aryl methyl sites for hydroxylation is 1. The predicted molar refractivity (Wildman–Crippen MR) is 210 cm³/mol. The Morgan fingerprint density at radius 2 is 1.80 bits per heavy atom. The molecule has 0 aliphatic heterocycles. The standard InChI is InChI=1S/C41H49ClN2O3S.ClH/c1-4-44(5-2)23-7-22-41(3,47)35-16-10-29(11-17-35)13-21-39(48-28-34-25-33(34)26-40(45)46)32-9-6-8-30(24-32)12-19-37-20-15-31-14-18-36(42)27-38(31)43-37;/h6,8-12,14-20,24,27,33-34,39,47H,4-5,7,13,21-23,25-26,28H2,1-3H3,(H,45,46);1H/b19-12+;/t33-,34?,39?,41?;/m1./s1. The Labute approximate surface area is 307 Å². The zero-order valence-electron chi connectivity index (χ0n) is 28.9. The lowest BCUT2D eigenvalue weighted by molar-refractivity contribution is -0.137. The summed E-state index contributed by atoms with van der Waals surface area (Å²) in [6, 6.07) is 27.1. The molecule has 3 aromatic carbocycles. The first-order chi connectivity index (χ1) is 23.1. The number of fused-ring (bicyclic) bond motifs is 1. The van der Waals surface area contributed by atoms with Crippen molar-refractivity contribution in [2.24, 2.45) is 11.8 Å². The summed E-state index contributed by atoms with van der Waals surface area (Å²) in [5.74, 6) is 1.06. The van der Waals surface area contributed by atoms with E-state index < -0.39 is 11.6 Å². The van der Waals surface area contributed by atoms with Crippen LogP contribution in [-0.4, -0.2) is 51.5 Å². The Morgan fingerprint density at radius 1 is 1.04 bits per heavy atom. The molecule has 1 saturated carbocycles. The molecular weight excluding hydrogens is 671 g/mol. The monoisotopic (exact) mass is 720 g/mol. The number of hydrogen-bond acceptors (Lipinski definition) is 5. The van der Waals surface area contributed by atoms with E-state index in [1.165, 1.54) is 11.1 Å². The van der Waals surface area contributed by atoms with Gasteiger partial charge in [-0.05, 0) is 123 Å². The van der Waals surface area contributed by atoms with E-state index in [4.69, 9.17) is 16.6 Å². The van der Waals surface area contributed by atoms with Crippen molar-refractivity contribution in [2.75, 3.05) is 25.4 Å². The number of nitrogens with zero attached hydrogens (tertiary/aromatic N) is 2. The maximum Gasteiger partial charge on any atom is 0.303 e. The summed E-state index contributed by atoms with van der Waals surface area (Å²) in [5.41, 5.74) is 5.55. The van der Waals surface area contributed by atoms with Crippen LogP contribution in [0.15, 0.2) is 78.9 Å². The molecule has 0 amide bonds. The third kappa shape index (κ3) is 11.6. The van der Waals surface area contributed by atoms with Crippen molar-refractivity contribution in [2.45, 2.75) is 70.1 Å². The van der Waals surface area contributed by atoms with Crippen LogP contribution in [0, 0.1) is 11.8 Å². The largest absolute Gasteiger partial charge is 0.481 e. The molecule has 4 atom stereocenters. The summed E-state index contributed by atoms with van der Waals surface area (Å²) in [6.45, 7) is 9.37. The molecule has 5 nitrogen and oxygen atoms in total. The van der Waals surface area contributed by atoms with Crippen LogP contribution in [0.5, 0.6) is 0 Å². The third-order valence-electron chi connectivity index (χ3n) is 9.73. The molecule has 8 heteroatoms. The summed E-state index contributed by atoms with van der Waals surface area (Å²) < 4.78 is 0. The fourth-order valence-corrected chi connectivity index (χ4v) is 8.16. The molecule has 1 fully saturated rings. The van der Waals surface area contributed by atoms with E-state index in [2.05, 4.69) is 79.4 Å². The highest BCUT2D eigenvalue weighted by atomic mass is 35.5. The van der Waals surface area contributed by atoms with E-state index in [0.29, 0.717) is 16.9 Å². The quantitative estimate of drug-likeness (QED) is 0.107. The SMILES string of the molecule is CCN(CC)CCCC(C)(O)c1ccc(CCC(SCC2C[C@@H]2CC(=O)O)c2cccc(/C=C/c3ccc4ccc(Cl)cc4n3)c2)cc1.Cl. The number of carbonyl (C=O) groups is 1. The van der Waals surface area contributed by atoms with Crippen LogP contribution in [0.1, 0.15) is 86.1 Å². The second-order valence-corrected chi connectivity index (χ2v) is 15.1. The molecular formula is C41H50Cl2N2O3S. The minimum atomic E-state index is -0.843. The van der Waals surface area contributed by atoms with Crippen molar-refractivity contribution in [1.29, 1.82) is 0 Å². The zero-order valence-corrected chi connectivity index (χ0v) is 31.2. The van der Waals surface area contributed by atoms with E-state index in [1.807, 2.05) is 49.0 Å². The number of benzene rings is 3. The van der Waals surface area contributed by atoms with Gasteiger partial charge in [-0.1, -0.05) is 92.2 Å². The number of rotatable bonds is 18. The Hall–Kier alpha value is -2.87. The summed E-state index contributed by atoms with van der Waals surface area (Å²) >= 11 is 8.15. The average molecular weight is 722 g/mol. The summed E-state index contributed by atoms with van der Waals surface area (Å²) in [5, 5.41) is 22.5. The van der Waals surface area contributed by atoms with Crippen LogP contribution in [0.25, 0.3) is 23.1 Å². The minimum absolute atomic E-state index is 0. The highest BCUT2D eigenvalue weighted by molar-refractivity contribution is 7.99. The van der Waals surface area contributed by atoms with Crippen LogP contribution < -0.4 is 0 Å². The van der Waals surface area contributed by atoms with Crippen molar-refractivity contribution in [3.05, 3.63) is 112 Å². The number of pyridine rings is 1. The molecule has 1 heterocycles. The van der Waals surface area contributed by atoms with E-state index in [-0.39, 0.29) is 24.1 Å². The van der Waals surface area contributed by atoms with Crippen molar-refractivity contribution in [3.63, 3.8) is 0 Å². The molecule has 0 saturated heterocycles. The van der Waals surface area contributed by atoms with Crippen LogP contribution in [0.3, 0.4) is 0 Å². The van der Waals surface area contributed by atoms with Gasteiger partial charge in [0.05, 0.1) is 16.8 Å².